The van der Waals surface area contributed by atoms with Gasteiger partial charge in [0.25, 0.3) is 0 Å². The van der Waals surface area contributed by atoms with E-state index in [9.17, 15) is 19.3 Å². The number of aryl methyl sites for hydroxylation is 1. The number of rotatable bonds is 7. The second-order valence-electron chi connectivity index (χ2n) is 5.25. The minimum absolute atomic E-state index is 0.0649. The molecule has 0 bridgehead atoms. The Morgan fingerprint density at radius 3 is 2.44 bits per heavy atom. The van der Waals surface area contributed by atoms with Crippen molar-refractivity contribution in [2.75, 3.05) is 0 Å². The molecule has 11 nitrogen and oxygen atoms in total. The molecule has 142 valence electrons. The first kappa shape index (κ1) is 20.3. The number of amides is 1. The van der Waals surface area contributed by atoms with E-state index in [2.05, 4.69) is 19.7 Å². The SMILES string of the molecule is Cc1nc(N=Nc2ccc(C(N)=O)cc2)c(COP(=O)(O)O)c(C=O)c1O. The van der Waals surface area contributed by atoms with E-state index in [4.69, 9.17) is 15.5 Å². The van der Waals surface area contributed by atoms with Crippen molar-refractivity contribution >= 4 is 31.5 Å². The van der Waals surface area contributed by atoms with E-state index in [0.717, 1.165) is 0 Å². The van der Waals surface area contributed by atoms with Gasteiger partial charge < -0.3 is 20.6 Å². The molecule has 0 spiro atoms. The fourth-order valence-corrected chi connectivity index (χ4v) is 2.33. The third kappa shape index (κ3) is 5.25. The summed E-state index contributed by atoms with van der Waals surface area (Å²) in [6.07, 6.45) is 0.295. The average molecular weight is 394 g/mol. The van der Waals surface area contributed by atoms with Gasteiger partial charge >= 0.3 is 7.82 Å². The molecule has 0 aliphatic carbocycles. The number of hydrogen-bond donors (Lipinski definition) is 4. The van der Waals surface area contributed by atoms with Gasteiger partial charge in [-0.3, -0.25) is 14.1 Å². The lowest BCUT2D eigenvalue weighted by Gasteiger charge is -2.12. The van der Waals surface area contributed by atoms with Crippen LogP contribution in [0.1, 0.15) is 32.0 Å². The van der Waals surface area contributed by atoms with E-state index in [1.807, 2.05) is 0 Å². The number of aldehydes is 1. The average Bonchev–Trinajstić information content (AvgIpc) is 2.60. The lowest BCUT2D eigenvalue weighted by Crippen LogP contribution is -2.10. The Hall–Kier alpha value is -2.98. The van der Waals surface area contributed by atoms with E-state index in [1.54, 1.807) is 0 Å². The Morgan fingerprint density at radius 1 is 1.30 bits per heavy atom. The van der Waals surface area contributed by atoms with Crippen molar-refractivity contribution in [3.63, 3.8) is 0 Å². The Labute approximate surface area is 152 Å². The molecule has 1 aromatic carbocycles. The van der Waals surface area contributed by atoms with Gasteiger partial charge in [-0.05, 0) is 31.2 Å². The number of benzene rings is 1. The molecule has 0 fully saturated rings. The molecule has 1 amide bonds. The van der Waals surface area contributed by atoms with Crippen LogP contribution in [0.25, 0.3) is 0 Å². The smallest absolute Gasteiger partial charge is 0.469 e. The summed E-state index contributed by atoms with van der Waals surface area (Å²) in [5, 5.41) is 17.7. The number of phosphoric acid groups is 1. The van der Waals surface area contributed by atoms with Crippen LogP contribution in [-0.4, -0.2) is 32.1 Å². The monoisotopic (exact) mass is 394 g/mol. The van der Waals surface area contributed by atoms with E-state index >= 15 is 0 Å². The largest absolute Gasteiger partial charge is 0.505 e. The van der Waals surface area contributed by atoms with Gasteiger partial charge in [-0.15, -0.1) is 10.2 Å². The van der Waals surface area contributed by atoms with E-state index in [1.165, 1.54) is 31.2 Å². The number of nitrogens with two attached hydrogens (primary N) is 1. The predicted molar refractivity (Wildman–Crippen MR) is 92.0 cm³/mol. The van der Waals surface area contributed by atoms with Crippen molar-refractivity contribution in [2.45, 2.75) is 13.5 Å². The van der Waals surface area contributed by atoms with Crippen LogP contribution in [0.2, 0.25) is 0 Å². The van der Waals surface area contributed by atoms with Crippen molar-refractivity contribution in [3.05, 3.63) is 46.6 Å². The van der Waals surface area contributed by atoms with Crippen LogP contribution in [0.5, 0.6) is 5.75 Å². The zero-order valence-electron chi connectivity index (χ0n) is 13.9. The normalized spacial score (nSPS) is 11.7. The highest BCUT2D eigenvalue weighted by molar-refractivity contribution is 7.46. The van der Waals surface area contributed by atoms with Crippen LogP contribution in [-0.2, 0) is 15.7 Å². The first-order valence-corrected chi connectivity index (χ1v) is 8.84. The number of azo groups is 1. The van der Waals surface area contributed by atoms with Crippen molar-refractivity contribution in [3.8, 4) is 5.75 Å². The Balaban J connectivity index is 2.44. The minimum atomic E-state index is -4.84. The summed E-state index contributed by atoms with van der Waals surface area (Å²) < 4.78 is 15.3. The zero-order valence-corrected chi connectivity index (χ0v) is 14.8. The summed E-state index contributed by atoms with van der Waals surface area (Å²) in [6.45, 7) is 0.685. The van der Waals surface area contributed by atoms with Crippen molar-refractivity contribution in [1.29, 1.82) is 0 Å². The summed E-state index contributed by atoms with van der Waals surface area (Å²) in [4.78, 5) is 44.0. The molecule has 1 aromatic heterocycles. The van der Waals surface area contributed by atoms with E-state index in [-0.39, 0.29) is 28.2 Å². The maximum absolute atomic E-state index is 11.3. The lowest BCUT2D eigenvalue weighted by atomic mass is 10.1. The summed E-state index contributed by atoms with van der Waals surface area (Å²) in [6, 6.07) is 5.79. The van der Waals surface area contributed by atoms with Crippen molar-refractivity contribution in [2.24, 2.45) is 16.0 Å². The van der Waals surface area contributed by atoms with Gasteiger partial charge in [0.2, 0.25) is 5.91 Å². The minimum Gasteiger partial charge on any atom is -0.505 e. The topological polar surface area (TPSA) is 185 Å². The number of hydrogen-bond acceptors (Lipinski definition) is 8. The molecule has 2 aromatic rings. The number of phosphoric ester groups is 1. The van der Waals surface area contributed by atoms with E-state index in [0.29, 0.717) is 12.0 Å². The van der Waals surface area contributed by atoms with Gasteiger partial charge in [-0.2, -0.15) is 0 Å². The molecule has 27 heavy (non-hydrogen) atoms. The molecular weight excluding hydrogens is 379 g/mol. The van der Waals surface area contributed by atoms with Crippen LogP contribution in [0, 0.1) is 6.92 Å². The summed E-state index contributed by atoms with van der Waals surface area (Å²) in [5.41, 5.74) is 5.38. The van der Waals surface area contributed by atoms with Gasteiger partial charge in [0.05, 0.1) is 23.6 Å². The fraction of sp³-hybridized carbons (Fsp3) is 0.133. The van der Waals surface area contributed by atoms with Gasteiger partial charge in [0, 0.05) is 11.1 Å². The summed E-state index contributed by atoms with van der Waals surface area (Å²) in [5.74, 6) is -1.24. The van der Waals surface area contributed by atoms with Gasteiger partial charge in [-0.25, -0.2) is 9.55 Å². The molecule has 12 heteroatoms. The van der Waals surface area contributed by atoms with E-state index < -0.39 is 26.1 Å². The number of primary amides is 1. The third-order valence-electron chi connectivity index (χ3n) is 3.37. The molecule has 0 radical (unpaired) electrons. The maximum Gasteiger partial charge on any atom is 0.469 e. The quantitative estimate of drug-likeness (QED) is 0.312. The number of carbonyl (C=O) groups excluding carboxylic acids is 2. The molecule has 0 saturated heterocycles. The van der Waals surface area contributed by atoms with Gasteiger partial charge in [0.15, 0.2) is 12.1 Å². The van der Waals surface area contributed by atoms with Crippen molar-refractivity contribution < 1.29 is 33.6 Å². The highest BCUT2D eigenvalue weighted by Gasteiger charge is 2.21. The molecule has 5 N–H and O–H groups in total. The second kappa shape index (κ2) is 8.14. The third-order valence-corrected chi connectivity index (χ3v) is 3.84. The predicted octanol–water partition coefficient (Wildman–Crippen LogP) is 2.03. The second-order valence-corrected chi connectivity index (χ2v) is 6.49. The Bertz CT molecular complexity index is 954. The molecule has 2 rings (SSSR count). The lowest BCUT2D eigenvalue weighted by molar-refractivity contribution is 0.0999. The summed E-state index contributed by atoms with van der Waals surface area (Å²) >= 11 is 0. The molecule has 0 unspecified atom stereocenters. The zero-order chi connectivity index (χ0) is 20.2. The van der Waals surface area contributed by atoms with Crippen LogP contribution in [0.3, 0.4) is 0 Å². The summed E-state index contributed by atoms with van der Waals surface area (Å²) in [7, 11) is -4.84. The van der Waals surface area contributed by atoms with Crippen LogP contribution in [0.4, 0.5) is 11.5 Å². The molecule has 0 aliphatic rings. The Kier molecular flexibility index (Phi) is 6.13. The molecule has 0 aliphatic heterocycles. The molecule has 0 saturated carbocycles. The van der Waals surface area contributed by atoms with Gasteiger partial charge in [0.1, 0.15) is 5.75 Å². The van der Waals surface area contributed by atoms with Gasteiger partial charge in [-0.1, -0.05) is 0 Å². The highest BCUT2D eigenvalue weighted by Crippen LogP contribution is 2.40. The number of aromatic hydroxyl groups is 1. The first-order chi connectivity index (χ1) is 12.6. The number of aromatic nitrogens is 1. The highest BCUT2D eigenvalue weighted by atomic mass is 31.2. The van der Waals surface area contributed by atoms with Crippen LogP contribution in [0.15, 0.2) is 34.5 Å². The Morgan fingerprint density at radius 2 is 1.93 bits per heavy atom. The molecular formula is C15H15N4O7P. The molecule has 1 heterocycles. The molecule has 0 atom stereocenters. The first-order valence-electron chi connectivity index (χ1n) is 7.31. The standard InChI is InChI=1S/C15H15N4O7P/c1-8-13(21)11(6-20)12(7-26-27(23,24)25)15(17-8)19-18-10-4-2-9(3-5-10)14(16)22/h2-6,21H,7H2,1H3,(H2,16,22)(H2,23,24,25). The van der Waals surface area contributed by atoms with Crippen molar-refractivity contribution in [1.82, 2.24) is 4.98 Å². The number of pyridine rings is 1. The van der Waals surface area contributed by atoms with Crippen LogP contribution >= 0.6 is 7.82 Å². The fourth-order valence-electron chi connectivity index (χ4n) is 2.04. The maximum atomic E-state index is 11.3. The van der Waals surface area contributed by atoms with Crippen LogP contribution < -0.4 is 5.73 Å². The number of carbonyl (C=O) groups is 2. The number of nitrogens with zero attached hydrogens (tertiary/aromatic N) is 3.